The highest BCUT2D eigenvalue weighted by Crippen LogP contribution is 2.31. The molecular weight excluding hydrogens is 236 g/mol. The van der Waals surface area contributed by atoms with Gasteiger partial charge in [0.25, 0.3) is 0 Å². The summed E-state index contributed by atoms with van der Waals surface area (Å²) in [7, 11) is 0. The molecule has 0 saturated carbocycles. The molecule has 0 fully saturated rings. The highest BCUT2D eigenvalue weighted by atomic mass is 79.9. The lowest BCUT2D eigenvalue weighted by Crippen LogP contribution is -1.94. The van der Waals surface area contributed by atoms with Crippen LogP contribution in [0.15, 0.2) is 18.2 Å². The Morgan fingerprint density at radius 1 is 1.29 bits per heavy atom. The first kappa shape index (κ1) is 11.8. The predicted octanol–water partition coefficient (Wildman–Crippen LogP) is 4.93. The Hall–Kier alpha value is -0.300. The highest BCUT2D eigenvalue weighted by molar-refractivity contribution is 9.09. The third kappa shape index (κ3) is 3.13. The van der Waals surface area contributed by atoms with Crippen molar-refractivity contribution < 1.29 is 0 Å². The maximum atomic E-state index is 3.77. The molecule has 0 nitrogen and oxygen atoms in total. The van der Waals surface area contributed by atoms with Crippen molar-refractivity contribution in [3.8, 4) is 0 Å². The lowest BCUT2D eigenvalue weighted by molar-refractivity contribution is 0.711. The van der Waals surface area contributed by atoms with Crippen LogP contribution in [0.3, 0.4) is 0 Å². The lowest BCUT2D eigenvalue weighted by atomic mass is 10.00. The topological polar surface area (TPSA) is 0 Å². The van der Waals surface area contributed by atoms with Gasteiger partial charge in [-0.05, 0) is 31.4 Å². The van der Waals surface area contributed by atoms with Crippen LogP contribution in [0.2, 0.25) is 0 Å². The molecule has 78 valence electrons. The monoisotopic (exact) mass is 254 g/mol. The van der Waals surface area contributed by atoms with Crippen LogP contribution in [-0.2, 0) is 0 Å². The molecule has 1 rings (SSSR count). The first-order valence-electron chi connectivity index (χ1n) is 5.36. The number of hydrogen-bond acceptors (Lipinski definition) is 0. The van der Waals surface area contributed by atoms with Crippen LogP contribution in [-0.4, -0.2) is 0 Å². The molecule has 0 saturated heterocycles. The standard InChI is InChI=1S/C13H19Br/c1-4-5-6-13(14)12-9-10(2)7-8-11(12)3/h7-9,13H,4-6H2,1-3H3. The summed E-state index contributed by atoms with van der Waals surface area (Å²) in [4.78, 5) is 0.530. The summed E-state index contributed by atoms with van der Waals surface area (Å²) in [6.07, 6.45) is 3.80. The highest BCUT2D eigenvalue weighted by Gasteiger charge is 2.09. The van der Waals surface area contributed by atoms with Crippen LogP contribution >= 0.6 is 15.9 Å². The molecule has 1 unspecified atom stereocenters. The zero-order valence-electron chi connectivity index (χ0n) is 9.31. The molecule has 0 N–H and O–H groups in total. The molecule has 1 aromatic carbocycles. The van der Waals surface area contributed by atoms with E-state index in [9.17, 15) is 0 Å². The Labute approximate surface area is 95.9 Å². The Morgan fingerprint density at radius 2 is 2.00 bits per heavy atom. The van der Waals surface area contributed by atoms with E-state index in [0.29, 0.717) is 4.83 Å². The largest absolute Gasteiger partial charge is 0.0839 e. The van der Waals surface area contributed by atoms with Gasteiger partial charge in [-0.25, -0.2) is 0 Å². The minimum atomic E-state index is 0.530. The molecule has 0 aliphatic rings. The van der Waals surface area contributed by atoms with Crippen molar-refractivity contribution in [3.05, 3.63) is 34.9 Å². The van der Waals surface area contributed by atoms with E-state index in [2.05, 4.69) is 54.9 Å². The van der Waals surface area contributed by atoms with Crippen molar-refractivity contribution >= 4 is 15.9 Å². The van der Waals surface area contributed by atoms with Crippen molar-refractivity contribution in [1.29, 1.82) is 0 Å². The van der Waals surface area contributed by atoms with Gasteiger partial charge in [0.2, 0.25) is 0 Å². The molecule has 0 heterocycles. The van der Waals surface area contributed by atoms with Crippen molar-refractivity contribution in [2.75, 3.05) is 0 Å². The van der Waals surface area contributed by atoms with E-state index in [4.69, 9.17) is 0 Å². The van der Waals surface area contributed by atoms with Gasteiger partial charge in [0.15, 0.2) is 0 Å². The van der Waals surface area contributed by atoms with E-state index in [1.807, 2.05) is 0 Å². The molecule has 1 atom stereocenters. The van der Waals surface area contributed by atoms with Gasteiger partial charge in [0.05, 0.1) is 0 Å². The van der Waals surface area contributed by atoms with Gasteiger partial charge < -0.3 is 0 Å². The minimum absolute atomic E-state index is 0.530. The second-order valence-electron chi connectivity index (χ2n) is 3.97. The van der Waals surface area contributed by atoms with Crippen molar-refractivity contribution in [3.63, 3.8) is 0 Å². The molecule has 1 heteroatoms. The molecule has 14 heavy (non-hydrogen) atoms. The summed E-state index contributed by atoms with van der Waals surface area (Å²) in [6, 6.07) is 6.69. The van der Waals surface area contributed by atoms with Crippen LogP contribution in [0.4, 0.5) is 0 Å². The Kier molecular flexibility index (Phi) is 4.67. The first-order valence-corrected chi connectivity index (χ1v) is 6.28. The quantitative estimate of drug-likeness (QED) is 0.669. The third-order valence-electron chi connectivity index (χ3n) is 2.58. The summed E-state index contributed by atoms with van der Waals surface area (Å²) >= 11 is 3.77. The minimum Gasteiger partial charge on any atom is -0.0839 e. The normalized spacial score (nSPS) is 12.9. The maximum absolute atomic E-state index is 3.77. The Bertz CT molecular complexity index is 291. The van der Waals surface area contributed by atoms with Crippen LogP contribution in [0, 0.1) is 13.8 Å². The summed E-state index contributed by atoms with van der Waals surface area (Å²) in [5.74, 6) is 0. The van der Waals surface area contributed by atoms with Crippen molar-refractivity contribution in [2.45, 2.75) is 44.9 Å². The molecule has 0 aromatic heterocycles. The average molecular weight is 255 g/mol. The number of benzene rings is 1. The summed E-state index contributed by atoms with van der Waals surface area (Å²) < 4.78 is 0. The number of unbranched alkanes of at least 4 members (excludes halogenated alkanes) is 1. The Balaban J connectivity index is 2.77. The lowest BCUT2D eigenvalue weighted by Gasteiger charge is -2.13. The average Bonchev–Trinajstić information content (AvgIpc) is 2.18. The molecule has 0 bridgehead atoms. The number of aryl methyl sites for hydroxylation is 2. The van der Waals surface area contributed by atoms with E-state index in [1.165, 1.54) is 36.0 Å². The smallest absolute Gasteiger partial charge is 0.0398 e. The summed E-state index contributed by atoms with van der Waals surface area (Å²) in [5, 5.41) is 0. The molecule has 0 aliphatic heterocycles. The number of alkyl halides is 1. The molecule has 0 aliphatic carbocycles. The van der Waals surface area contributed by atoms with Gasteiger partial charge in [-0.1, -0.05) is 59.5 Å². The predicted molar refractivity (Wildman–Crippen MR) is 67.1 cm³/mol. The number of hydrogen-bond donors (Lipinski definition) is 0. The van der Waals surface area contributed by atoms with Gasteiger partial charge in [-0.3, -0.25) is 0 Å². The van der Waals surface area contributed by atoms with Crippen LogP contribution in [0.25, 0.3) is 0 Å². The molecule has 0 amide bonds. The fourth-order valence-electron chi connectivity index (χ4n) is 1.64. The summed E-state index contributed by atoms with van der Waals surface area (Å²) in [6.45, 7) is 6.58. The van der Waals surface area contributed by atoms with Crippen LogP contribution in [0.1, 0.15) is 47.7 Å². The van der Waals surface area contributed by atoms with E-state index in [1.54, 1.807) is 0 Å². The van der Waals surface area contributed by atoms with Gasteiger partial charge >= 0.3 is 0 Å². The van der Waals surface area contributed by atoms with E-state index in [-0.39, 0.29) is 0 Å². The third-order valence-corrected chi connectivity index (χ3v) is 3.53. The second-order valence-corrected chi connectivity index (χ2v) is 5.08. The molecule has 1 aromatic rings. The van der Waals surface area contributed by atoms with Crippen molar-refractivity contribution in [2.24, 2.45) is 0 Å². The van der Waals surface area contributed by atoms with Crippen LogP contribution in [0.5, 0.6) is 0 Å². The number of rotatable bonds is 4. The molecule has 0 spiro atoms. The first-order chi connectivity index (χ1) is 6.65. The van der Waals surface area contributed by atoms with Gasteiger partial charge in [0, 0.05) is 4.83 Å². The molecular formula is C13H19Br. The summed E-state index contributed by atoms with van der Waals surface area (Å²) in [5.41, 5.74) is 4.21. The van der Waals surface area contributed by atoms with Gasteiger partial charge in [-0.15, -0.1) is 0 Å². The molecule has 0 radical (unpaired) electrons. The Morgan fingerprint density at radius 3 is 2.64 bits per heavy atom. The zero-order chi connectivity index (χ0) is 10.6. The van der Waals surface area contributed by atoms with Gasteiger partial charge in [-0.2, -0.15) is 0 Å². The van der Waals surface area contributed by atoms with E-state index in [0.717, 1.165) is 0 Å². The maximum Gasteiger partial charge on any atom is 0.0398 e. The van der Waals surface area contributed by atoms with Crippen LogP contribution < -0.4 is 0 Å². The fourth-order valence-corrected chi connectivity index (χ4v) is 2.45. The van der Waals surface area contributed by atoms with E-state index >= 15 is 0 Å². The second kappa shape index (κ2) is 5.55. The SMILES string of the molecule is CCCCC(Br)c1cc(C)ccc1C. The van der Waals surface area contributed by atoms with E-state index < -0.39 is 0 Å². The fraction of sp³-hybridized carbons (Fsp3) is 0.538. The van der Waals surface area contributed by atoms with Crippen molar-refractivity contribution in [1.82, 2.24) is 0 Å². The number of halogens is 1. The zero-order valence-corrected chi connectivity index (χ0v) is 10.9. The van der Waals surface area contributed by atoms with Gasteiger partial charge in [0.1, 0.15) is 0 Å².